The summed E-state index contributed by atoms with van der Waals surface area (Å²) in [5.74, 6) is 0.653. The normalized spacial score (nSPS) is 16.3. The van der Waals surface area contributed by atoms with E-state index in [0.29, 0.717) is 13.1 Å². The Morgan fingerprint density at radius 2 is 1.54 bits per heavy atom. The van der Waals surface area contributed by atoms with Gasteiger partial charge in [-0.2, -0.15) is 0 Å². The molecule has 2 amide bonds. The molecule has 5 rings (SSSR count). The van der Waals surface area contributed by atoms with Crippen molar-refractivity contribution in [2.45, 2.75) is 19.6 Å². The van der Waals surface area contributed by atoms with Crippen LogP contribution in [-0.4, -0.2) is 75.0 Å². The zero-order chi connectivity index (χ0) is 27.2. The Kier molecular flexibility index (Phi) is 8.32. The second-order valence-corrected chi connectivity index (χ2v) is 10.4. The van der Waals surface area contributed by atoms with Gasteiger partial charge < -0.3 is 29.7 Å². The first-order valence-electron chi connectivity index (χ1n) is 13.5. The number of rotatable bonds is 9. The molecule has 204 valence electrons. The van der Waals surface area contributed by atoms with Crippen LogP contribution in [0, 0.1) is 0 Å². The first-order valence-corrected chi connectivity index (χ1v) is 13.5. The van der Waals surface area contributed by atoms with E-state index in [4.69, 9.17) is 4.74 Å². The standard InChI is InChI=1S/C31H37N5O3/c1-33-12-14-34(15-13-33)27-9-3-6-24(16-27)20-35(21-26-8-5-11-29(18-26)39-2)28-10-4-7-25(17-28)22-36-23-30(37)32-19-31(36)38/h3-11,16-18H,12-15,19-23H2,1-2H3,(H,32,37). The lowest BCUT2D eigenvalue weighted by Crippen LogP contribution is -2.51. The fraction of sp³-hybridized carbons (Fsp3) is 0.355. The molecule has 39 heavy (non-hydrogen) atoms. The molecule has 2 saturated heterocycles. The topological polar surface area (TPSA) is 68.4 Å². The van der Waals surface area contributed by atoms with E-state index in [1.807, 2.05) is 24.3 Å². The van der Waals surface area contributed by atoms with E-state index in [9.17, 15) is 9.59 Å². The van der Waals surface area contributed by atoms with Crippen LogP contribution in [0.1, 0.15) is 16.7 Å². The molecule has 2 fully saturated rings. The van der Waals surface area contributed by atoms with E-state index in [2.05, 4.69) is 75.6 Å². The van der Waals surface area contributed by atoms with Gasteiger partial charge in [0, 0.05) is 57.2 Å². The highest BCUT2D eigenvalue weighted by Crippen LogP contribution is 2.26. The van der Waals surface area contributed by atoms with Crippen molar-refractivity contribution in [3.05, 3.63) is 89.5 Å². The van der Waals surface area contributed by atoms with Crippen LogP contribution in [0.3, 0.4) is 0 Å². The summed E-state index contributed by atoms with van der Waals surface area (Å²) in [5.41, 5.74) is 5.71. The number of nitrogens with zero attached hydrogens (tertiary/aromatic N) is 4. The number of amides is 2. The van der Waals surface area contributed by atoms with Crippen LogP contribution in [-0.2, 0) is 29.2 Å². The molecule has 2 aliphatic heterocycles. The molecule has 0 aromatic heterocycles. The maximum atomic E-state index is 12.4. The lowest BCUT2D eigenvalue weighted by molar-refractivity contribution is -0.141. The summed E-state index contributed by atoms with van der Waals surface area (Å²) in [6.07, 6.45) is 0. The van der Waals surface area contributed by atoms with Gasteiger partial charge in [-0.05, 0) is 60.1 Å². The molecule has 0 radical (unpaired) electrons. The maximum Gasteiger partial charge on any atom is 0.242 e. The number of nitrogens with one attached hydrogen (secondary N) is 1. The quantitative estimate of drug-likeness (QED) is 0.461. The molecule has 0 spiro atoms. The first-order chi connectivity index (χ1) is 19.0. The van der Waals surface area contributed by atoms with Crippen molar-refractivity contribution >= 4 is 23.2 Å². The largest absolute Gasteiger partial charge is 0.497 e. The average Bonchev–Trinajstić information content (AvgIpc) is 2.95. The number of hydrogen-bond acceptors (Lipinski definition) is 6. The third-order valence-corrected chi connectivity index (χ3v) is 7.43. The lowest BCUT2D eigenvalue weighted by Gasteiger charge is -2.34. The van der Waals surface area contributed by atoms with Crippen LogP contribution in [0.25, 0.3) is 0 Å². The van der Waals surface area contributed by atoms with Gasteiger partial charge in [0.05, 0.1) is 20.2 Å². The van der Waals surface area contributed by atoms with Gasteiger partial charge in [0.25, 0.3) is 0 Å². The molecule has 2 heterocycles. The molecule has 3 aromatic carbocycles. The zero-order valence-corrected chi connectivity index (χ0v) is 22.8. The number of carbonyl (C=O) groups excluding carboxylic acids is 2. The van der Waals surface area contributed by atoms with Gasteiger partial charge in [-0.1, -0.05) is 36.4 Å². The highest BCUT2D eigenvalue weighted by Gasteiger charge is 2.23. The Balaban J connectivity index is 1.40. The van der Waals surface area contributed by atoms with Gasteiger partial charge in [0.2, 0.25) is 11.8 Å². The van der Waals surface area contributed by atoms with Crippen LogP contribution >= 0.6 is 0 Å². The number of carbonyl (C=O) groups is 2. The monoisotopic (exact) mass is 527 g/mol. The fourth-order valence-electron chi connectivity index (χ4n) is 5.19. The molecule has 1 N–H and O–H groups in total. The summed E-state index contributed by atoms with van der Waals surface area (Å²) in [6, 6.07) is 25.3. The number of anilines is 2. The van der Waals surface area contributed by atoms with Crippen LogP contribution in [0.15, 0.2) is 72.8 Å². The third kappa shape index (κ3) is 6.89. The smallest absolute Gasteiger partial charge is 0.242 e. The molecule has 0 atom stereocenters. The molecule has 0 aliphatic carbocycles. The van der Waals surface area contributed by atoms with E-state index in [1.165, 1.54) is 11.3 Å². The van der Waals surface area contributed by atoms with Crippen molar-refractivity contribution in [3.63, 3.8) is 0 Å². The average molecular weight is 528 g/mol. The molecule has 3 aromatic rings. The lowest BCUT2D eigenvalue weighted by atomic mass is 10.1. The van der Waals surface area contributed by atoms with Crippen LogP contribution < -0.4 is 19.9 Å². The minimum Gasteiger partial charge on any atom is -0.497 e. The van der Waals surface area contributed by atoms with E-state index < -0.39 is 0 Å². The van der Waals surface area contributed by atoms with Crippen LogP contribution in [0.2, 0.25) is 0 Å². The Morgan fingerprint density at radius 3 is 2.31 bits per heavy atom. The number of methoxy groups -OCH3 is 1. The molecule has 0 saturated carbocycles. The first kappa shape index (κ1) is 26.6. The molecule has 8 nitrogen and oxygen atoms in total. The Bertz CT molecular complexity index is 1300. The van der Waals surface area contributed by atoms with Crippen molar-refractivity contribution in [1.82, 2.24) is 15.1 Å². The van der Waals surface area contributed by atoms with Crippen LogP contribution in [0.5, 0.6) is 5.75 Å². The summed E-state index contributed by atoms with van der Waals surface area (Å²) in [4.78, 5) is 33.0. The van der Waals surface area contributed by atoms with Crippen molar-refractivity contribution in [3.8, 4) is 5.75 Å². The van der Waals surface area contributed by atoms with Crippen molar-refractivity contribution < 1.29 is 14.3 Å². The van der Waals surface area contributed by atoms with Crippen molar-refractivity contribution in [2.24, 2.45) is 0 Å². The molecule has 8 heteroatoms. The zero-order valence-electron chi connectivity index (χ0n) is 22.8. The predicted octanol–water partition coefficient (Wildman–Crippen LogP) is 3.11. The summed E-state index contributed by atoms with van der Waals surface area (Å²) >= 11 is 0. The van der Waals surface area contributed by atoms with E-state index in [-0.39, 0.29) is 24.9 Å². The van der Waals surface area contributed by atoms with Gasteiger partial charge >= 0.3 is 0 Å². The number of benzene rings is 3. The van der Waals surface area contributed by atoms with E-state index in [1.54, 1.807) is 12.0 Å². The number of likely N-dealkylation sites (N-methyl/N-ethyl adjacent to an activating group) is 1. The highest BCUT2D eigenvalue weighted by atomic mass is 16.5. The van der Waals surface area contributed by atoms with Gasteiger partial charge in [-0.15, -0.1) is 0 Å². The van der Waals surface area contributed by atoms with Gasteiger partial charge in [0.15, 0.2) is 0 Å². The molecular formula is C31H37N5O3. The number of ether oxygens (including phenoxy) is 1. The van der Waals surface area contributed by atoms with Crippen molar-refractivity contribution in [2.75, 3.05) is 63.2 Å². The van der Waals surface area contributed by atoms with Crippen molar-refractivity contribution in [1.29, 1.82) is 0 Å². The maximum absolute atomic E-state index is 12.4. The highest BCUT2D eigenvalue weighted by molar-refractivity contribution is 5.92. The second-order valence-electron chi connectivity index (χ2n) is 10.4. The Labute approximate surface area is 230 Å². The number of piperazine rings is 2. The van der Waals surface area contributed by atoms with Crippen LogP contribution in [0.4, 0.5) is 11.4 Å². The SMILES string of the molecule is COc1cccc(CN(Cc2cccc(N3CCN(C)CC3)c2)c2cccc(CN3CC(=O)NCC3=O)c2)c1. The summed E-state index contributed by atoms with van der Waals surface area (Å²) in [6.45, 7) is 6.19. The van der Waals surface area contributed by atoms with Gasteiger partial charge in [-0.3, -0.25) is 9.59 Å². The van der Waals surface area contributed by atoms with Gasteiger partial charge in [0.1, 0.15) is 5.75 Å². The van der Waals surface area contributed by atoms with E-state index >= 15 is 0 Å². The minimum absolute atomic E-state index is 0.0597. The second kappa shape index (κ2) is 12.2. The summed E-state index contributed by atoms with van der Waals surface area (Å²) < 4.78 is 5.48. The molecule has 0 bridgehead atoms. The molecule has 0 unspecified atom stereocenters. The Hall–Kier alpha value is -4.04. The predicted molar refractivity (Wildman–Crippen MR) is 154 cm³/mol. The minimum atomic E-state index is -0.120. The summed E-state index contributed by atoms with van der Waals surface area (Å²) in [7, 11) is 3.86. The van der Waals surface area contributed by atoms with Gasteiger partial charge in [-0.25, -0.2) is 0 Å². The summed E-state index contributed by atoms with van der Waals surface area (Å²) in [5, 5.41) is 2.62. The number of hydrogen-bond donors (Lipinski definition) is 1. The molecule has 2 aliphatic rings. The fourth-order valence-corrected chi connectivity index (χ4v) is 5.19. The Morgan fingerprint density at radius 1 is 0.846 bits per heavy atom. The molecular weight excluding hydrogens is 490 g/mol. The van der Waals surface area contributed by atoms with E-state index in [0.717, 1.165) is 55.3 Å². The third-order valence-electron chi connectivity index (χ3n) is 7.43.